The van der Waals surface area contributed by atoms with E-state index in [9.17, 15) is 4.79 Å². The van der Waals surface area contributed by atoms with Crippen molar-refractivity contribution in [2.45, 2.75) is 53.9 Å². The van der Waals surface area contributed by atoms with Crippen LogP contribution in [0.4, 0.5) is 0 Å². The lowest BCUT2D eigenvalue weighted by molar-refractivity contribution is -0.137. The summed E-state index contributed by atoms with van der Waals surface area (Å²) in [6.07, 6.45) is 8.81. The summed E-state index contributed by atoms with van der Waals surface area (Å²) in [4.78, 5) is 11.6. The van der Waals surface area contributed by atoms with Crippen LogP contribution in [0, 0.1) is 0 Å². The molecule has 2 heteroatoms. The van der Waals surface area contributed by atoms with E-state index in [1.165, 1.54) is 11.1 Å². The summed E-state index contributed by atoms with van der Waals surface area (Å²) in [5.41, 5.74) is 3.35. The van der Waals surface area contributed by atoms with E-state index in [-0.39, 0.29) is 5.97 Å². The normalized spacial score (nSPS) is 12.3. The number of allylic oxidation sites excluding steroid dienone is 4. The van der Waals surface area contributed by atoms with Crippen molar-refractivity contribution in [2.75, 3.05) is 6.61 Å². The van der Waals surface area contributed by atoms with Crippen LogP contribution in [-0.4, -0.2) is 12.6 Å². The third kappa shape index (κ3) is 7.88. The number of hydrogen-bond acceptors (Lipinski definition) is 2. The van der Waals surface area contributed by atoms with Gasteiger partial charge in [0.2, 0.25) is 0 Å². The minimum atomic E-state index is -0.201. The van der Waals surface area contributed by atoms with Crippen molar-refractivity contribution in [2.24, 2.45) is 0 Å². The molecule has 0 rings (SSSR count). The van der Waals surface area contributed by atoms with Gasteiger partial charge in [-0.3, -0.25) is 0 Å². The Kier molecular flexibility index (Phi) is 8.99. The largest absolute Gasteiger partial charge is 0.458 e. The van der Waals surface area contributed by atoms with Crippen molar-refractivity contribution >= 4 is 5.97 Å². The number of esters is 1. The molecule has 102 valence electrons. The molecule has 0 saturated heterocycles. The average molecular weight is 250 g/mol. The standard InChI is InChI=1S/C16H26O2/c1-6-15(7-2)16(17)18-12-11-14(5)10-8-9-13(3)4/h6,9,11H,7-8,10,12H2,1-5H3. The third-order valence-electron chi connectivity index (χ3n) is 2.73. The lowest BCUT2D eigenvalue weighted by atomic mass is 10.1. The van der Waals surface area contributed by atoms with Crippen LogP contribution in [0.1, 0.15) is 53.9 Å². The quantitative estimate of drug-likeness (QED) is 0.375. The molecule has 18 heavy (non-hydrogen) atoms. The molecule has 0 atom stereocenters. The van der Waals surface area contributed by atoms with Crippen molar-refractivity contribution in [3.8, 4) is 0 Å². The molecule has 0 saturated carbocycles. The number of carbonyl (C=O) groups excluding carboxylic acids is 1. The van der Waals surface area contributed by atoms with Gasteiger partial charge >= 0.3 is 5.97 Å². The van der Waals surface area contributed by atoms with Gasteiger partial charge in [-0.25, -0.2) is 4.79 Å². The van der Waals surface area contributed by atoms with Crippen LogP contribution in [-0.2, 0) is 9.53 Å². The molecule has 0 heterocycles. The second-order valence-corrected chi connectivity index (χ2v) is 4.64. The van der Waals surface area contributed by atoms with E-state index in [0.29, 0.717) is 6.61 Å². The SMILES string of the molecule is CC=C(CC)C(=O)OCC=C(C)CCC=C(C)C. The Morgan fingerprint density at radius 3 is 2.33 bits per heavy atom. The van der Waals surface area contributed by atoms with Gasteiger partial charge in [0, 0.05) is 5.57 Å². The highest BCUT2D eigenvalue weighted by Crippen LogP contribution is 2.07. The first-order valence-electron chi connectivity index (χ1n) is 6.62. The Morgan fingerprint density at radius 1 is 1.17 bits per heavy atom. The van der Waals surface area contributed by atoms with Gasteiger partial charge in [-0.05, 0) is 53.0 Å². The van der Waals surface area contributed by atoms with Gasteiger partial charge in [0.25, 0.3) is 0 Å². The van der Waals surface area contributed by atoms with E-state index in [4.69, 9.17) is 4.74 Å². The number of hydrogen-bond donors (Lipinski definition) is 0. The molecule has 0 spiro atoms. The fraction of sp³-hybridized carbons (Fsp3) is 0.562. The third-order valence-corrected chi connectivity index (χ3v) is 2.73. The van der Waals surface area contributed by atoms with Crippen molar-refractivity contribution in [3.63, 3.8) is 0 Å². The first-order valence-corrected chi connectivity index (χ1v) is 6.62. The van der Waals surface area contributed by atoms with Crippen LogP contribution in [0.5, 0.6) is 0 Å². The van der Waals surface area contributed by atoms with Gasteiger partial charge in [-0.2, -0.15) is 0 Å². The van der Waals surface area contributed by atoms with Crippen LogP contribution in [0.3, 0.4) is 0 Å². The lowest BCUT2D eigenvalue weighted by Crippen LogP contribution is -2.07. The second kappa shape index (κ2) is 9.69. The van der Waals surface area contributed by atoms with Crippen LogP contribution < -0.4 is 0 Å². The van der Waals surface area contributed by atoms with Crippen molar-refractivity contribution in [1.29, 1.82) is 0 Å². The molecule has 0 aromatic rings. The zero-order chi connectivity index (χ0) is 14.0. The minimum absolute atomic E-state index is 0.201. The molecular weight excluding hydrogens is 224 g/mol. The molecule has 2 nitrogen and oxygen atoms in total. The molecule has 0 aliphatic heterocycles. The van der Waals surface area contributed by atoms with E-state index in [2.05, 4.69) is 26.8 Å². The first kappa shape index (κ1) is 16.7. The first-order chi connectivity index (χ1) is 8.51. The summed E-state index contributed by atoms with van der Waals surface area (Å²) in [6, 6.07) is 0. The van der Waals surface area contributed by atoms with Crippen LogP contribution >= 0.6 is 0 Å². The van der Waals surface area contributed by atoms with Gasteiger partial charge in [0.15, 0.2) is 0 Å². The van der Waals surface area contributed by atoms with Crippen molar-refractivity contribution < 1.29 is 9.53 Å². The van der Waals surface area contributed by atoms with Crippen LogP contribution in [0.2, 0.25) is 0 Å². The Balaban J connectivity index is 4.01. The average Bonchev–Trinajstić information content (AvgIpc) is 2.30. The van der Waals surface area contributed by atoms with E-state index >= 15 is 0 Å². The number of rotatable bonds is 7. The monoisotopic (exact) mass is 250 g/mol. The minimum Gasteiger partial charge on any atom is -0.458 e. The Hall–Kier alpha value is -1.31. The molecule has 0 aromatic carbocycles. The molecule has 0 N–H and O–H groups in total. The molecule has 0 radical (unpaired) electrons. The maximum atomic E-state index is 11.6. The Morgan fingerprint density at radius 2 is 1.83 bits per heavy atom. The highest BCUT2D eigenvalue weighted by molar-refractivity contribution is 5.88. The summed E-state index contributed by atoms with van der Waals surface area (Å²) in [6.45, 7) is 10.5. The van der Waals surface area contributed by atoms with E-state index in [1.807, 2.05) is 26.0 Å². The van der Waals surface area contributed by atoms with E-state index < -0.39 is 0 Å². The molecule has 0 aliphatic carbocycles. The molecule has 0 fully saturated rings. The van der Waals surface area contributed by atoms with Gasteiger partial charge in [-0.1, -0.05) is 30.2 Å². The highest BCUT2D eigenvalue weighted by Gasteiger charge is 2.06. The smallest absolute Gasteiger partial charge is 0.333 e. The molecule has 0 amide bonds. The van der Waals surface area contributed by atoms with E-state index in [1.54, 1.807) is 0 Å². The second-order valence-electron chi connectivity index (χ2n) is 4.64. The van der Waals surface area contributed by atoms with Crippen LogP contribution in [0.15, 0.2) is 34.9 Å². The summed E-state index contributed by atoms with van der Waals surface area (Å²) < 4.78 is 5.18. The predicted octanol–water partition coefficient (Wildman–Crippen LogP) is 4.58. The zero-order valence-corrected chi connectivity index (χ0v) is 12.4. The van der Waals surface area contributed by atoms with Crippen molar-refractivity contribution in [3.05, 3.63) is 34.9 Å². The fourth-order valence-electron chi connectivity index (χ4n) is 1.51. The molecule has 0 bridgehead atoms. The summed E-state index contributed by atoms with van der Waals surface area (Å²) >= 11 is 0. The van der Waals surface area contributed by atoms with Gasteiger partial charge in [-0.15, -0.1) is 0 Å². The topological polar surface area (TPSA) is 26.3 Å². The number of ether oxygens (including phenoxy) is 1. The summed E-state index contributed by atoms with van der Waals surface area (Å²) in [5.74, 6) is -0.201. The van der Waals surface area contributed by atoms with Gasteiger partial charge in [0.1, 0.15) is 6.61 Å². The molecule has 0 unspecified atom stereocenters. The van der Waals surface area contributed by atoms with Gasteiger partial charge < -0.3 is 4.74 Å². The Bertz CT molecular complexity index is 342. The Labute approximate surface area is 111 Å². The van der Waals surface area contributed by atoms with Crippen molar-refractivity contribution in [1.82, 2.24) is 0 Å². The van der Waals surface area contributed by atoms with Gasteiger partial charge in [0.05, 0.1) is 0 Å². The lowest BCUT2D eigenvalue weighted by Gasteiger charge is -2.04. The van der Waals surface area contributed by atoms with E-state index in [0.717, 1.165) is 24.8 Å². The molecular formula is C16H26O2. The summed E-state index contributed by atoms with van der Waals surface area (Å²) in [7, 11) is 0. The molecule has 0 aromatic heterocycles. The predicted molar refractivity (Wildman–Crippen MR) is 77.4 cm³/mol. The number of carbonyl (C=O) groups is 1. The van der Waals surface area contributed by atoms with Crippen LogP contribution in [0.25, 0.3) is 0 Å². The maximum Gasteiger partial charge on any atom is 0.333 e. The zero-order valence-electron chi connectivity index (χ0n) is 12.4. The highest BCUT2D eigenvalue weighted by atomic mass is 16.5. The maximum absolute atomic E-state index is 11.6. The summed E-state index contributed by atoms with van der Waals surface area (Å²) in [5, 5.41) is 0. The molecule has 0 aliphatic rings. The fourth-order valence-corrected chi connectivity index (χ4v) is 1.51.